The molecule has 0 unspecified atom stereocenters. The molecule has 1 aliphatic rings. The van der Waals surface area contributed by atoms with E-state index in [9.17, 15) is 19.7 Å². The largest absolute Gasteiger partial charge is 0.433 e. The van der Waals surface area contributed by atoms with Crippen molar-refractivity contribution in [3.05, 3.63) is 45.7 Å². The van der Waals surface area contributed by atoms with Crippen molar-refractivity contribution in [3.8, 4) is 0 Å². The second kappa shape index (κ2) is 5.23. The van der Waals surface area contributed by atoms with E-state index in [1.54, 1.807) is 0 Å². The predicted molar refractivity (Wildman–Crippen MR) is 68.7 cm³/mol. The summed E-state index contributed by atoms with van der Waals surface area (Å²) >= 11 is 0. The maximum absolute atomic E-state index is 11.6. The zero-order chi connectivity index (χ0) is 15.6. The molecule has 0 saturated carbocycles. The molecule has 110 valence electrons. The number of carbonyl (C=O) groups excluding carboxylic acids is 2. The Kier molecular flexibility index (Phi) is 3.62. The van der Waals surface area contributed by atoms with Crippen molar-refractivity contribution >= 4 is 23.9 Å². The summed E-state index contributed by atoms with van der Waals surface area (Å²) in [6.45, 7) is 2.88. The van der Waals surface area contributed by atoms with Crippen LogP contribution in [0.25, 0.3) is 6.08 Å². The Morgan fingerprint density at radius 1 is 1.19 bits per heavy atom. The topological polar surface area (TPSA) is 109 Å². The molecular formula is C13H11NO7. The van der Waals surface area contributed by atoms with Gasteiger partial charge in [-0.2, -0.15) is 0 Å². The number of carbonyl (C=O) groups is 2. The Bertz CT molecular complexity index is 644. The van der Waals surface area contributed by atoms with Crippen LogP contribution >= 0.6 is 0 Å². The van der Waals surface area contributed by atoms with Gasteiger partial charge in [-0.15, -0.1) is 0 Å². The SMILES string of the molecule is CC1(C)OC(=O)C(=C/C=C/c2ccc([N+](=O)[O-])o2)C(=O)O1. The van der Waals surface area contributed by atoms with Gasteiger partial charge in [0, 0.05) is 13.8 Å². The molecule has 0 N–H and O–H groups in total. The van der Waals surface area contributed by atoms with Crippen molar-refractivity contribution in [1.82, 2.24) is 0 Å². The number of nitro groups is 1. The van der Waals surface area contributed by atoms with Crippen molar-refractivity contribution in [2.45, 2.75) is 19.6 Å². The predicted octanol–water partition coefficient (Wildman–Crippen LogP) is 1.96. The van der Waals surface area contributed by atoms with Crippen LogP contribution in [-0.2, 0) is 19.1 Å². The number of allylic oxidation sites excluding steroid dienone is 2. The molecule has 0 bridgehead atoms. The Morgan fingerprint density at radius 3 is 2.33 bits per heavy atom. The van der Waals surface area contributed by atoms with Crippen molar-refractivity contribution in [1.29, 1.82) is 0 Å². The van der Waals surface area contributed by atoms with E-state index in [4.69, 9.17) is 13.9 Å². The molecule has 21 heavy (non-hydrogen) atoms. The van der Waals surface area contributed by atoms with E-state index in [1.165, 1.54) is 44.2 Å². The number of nitrogens with zero attached hydrogens (tertiary/aromatic N) is 1. The molecule has 2 rings (SSSR count). The monoisotopic (exact) mass is 293 g/mol. The number of esters is 2. The molecule has 0 aromatic carbocycles. The van der Waals surface area contributed by atoms with Gasteiger partial charge in [0.25, 0.3) is 5.79 Å². The normalized spacial score (nSPS) is 17.5. The molecule has 0 spiro atoms. The lowest BCUT2D eigenvalue weighted by Gasteiger charge is -2.29. The Labute approximate surface area is 118 Å². The standard InChI is InChI=1S/C13H11NO7/c1-13(2)20-11(15)9(12(16)21-13)5-3-4-8-6-7-10(19-8)14(17)18/h3-7H,1-2H3/b4-3+. The molecule has 0 atom stereocenters. The lowest BCUT2D eigenvalue weighted by molar-refractivity contribution is -0.402. The van der Waals surface area contributed by atoms with Gasteiger partial charge < -0.3 is 13.9 Å². The quantitative estimate of drug-likeness (QED) is 0.275. The first-order valence-electron chi connectivity index (χ1n) is 5.88. The maximum Gasteiger partial charge on any atom is 0.433 e. The van der Waals surface area contributed by atoms with Crippen LogP contribution in [0.1, 0.15) is 19.6 Å². The molecule has 1 fully saturated rings. The smallest absolute Gasteiger partial charge is 0.419 e. The van der Waals surface area contributed by atoms with Crippen molar-refractivity contribution in [2.75, 3.05) is 0 Å². The Morgan fingerprint density at radius 2 is 1.81 bits per heavy atom. The first kappa shape index (κ1) is 14.5. The average molecular weight is 293 g/mol. The van der Waals surface area contributed by atoms with Crippen LogP contribution in [-0.4, -0.2) is 22.6 Å². The van der Waals surface area contributed by atoms with Crippen LogP contribution in [0.2, 0.25) is 0 Å². The summed E-state index contributed by atoms with van der Waals surface area (Å²) in [5, 5.41) is 10.4. The van der Waals surface area contributed by atoms with E-state index >= 15 is 0 Å². The third-order valence-electron chi connectivity index (χ3n) is 2.43. The number of cyclic esters (lactones) is 2. The number of rotatable bonds is 3. The fourth-order valence-electron chi connectivity index (χ4n) is 1.57. The molecular weight excluding hydrogens is 282 g/mol. The van der Waals surface area contributed by atoms with E-state index < -0.39 is 28.5 Å². The molecule has 1 aromatic rings. The van der Waals surface area contributed by atoms with E-state index in [0.29, 0.717) is 0 Å². The summed E-state index contributed by atoms with van der Waals surface area (Å²) in [4.78, 5) is 33.0. The second-order valence-electron chi connectivity index (χ2n) is 4.55. The van der Waals surface area contributed by atoms with Crippen molar-refractivity contribution < 1.29 is 28.4 Å². The van der Waals surface area contributed by atoms with E-state index in [0.717, 1.165) is 0 Å². The van der Waals surface area contributed by atoms with Gasteiger partial charge in [0.05, 0.1) is 6.07 Å². The minimum Gasteiger partial charge on any atom is -0.419 e. The maximum atomic E-state index is 11.6. The zero-order valence-corrected chi connectivity index (χ0v) is 11.2. The van der Waals surface area contributed by atoms with Crippen LogP contribution in [0.4, 0.5) is 5.88 Å². The minimum atomic E-state index is -1.29. The van der Waals surface area contributed by atoms with Crippen LogP contribution in [0.3, 0.4) is 0 Å². The number of hydrogen-bond acceptors (Lipinski definition) is 7. The molecule has 0 amide bonds. The highest BCUT2D eigenvalue weighted by atomic mass is 16.7. The summed E-state index contributed by atoms with van der Waals surface area (Å²) < 4.78 is 14.7. The van der Waals surface area contributed by atoms with Crippen LogP contribution in [0.15, 0.2) is 34.3 Å². The fraction of sp³-hybridized carbons (Fsp3) is 0.231. The first-order chi connectivity index (χ1) is 9.78. The zero-order valence-electron chi connectivity index (χ0n) is 11.2. The lowest BCUT2D eigenvalue weighted by atomic mass is 10.2. The summed E-state index contributed by atoms with van der Waals surface area (Å²) in [5.41, 5.74) is -0.272. The highest BCUT2D eigenvalue weighted by Crippen LogP contribution is 2.23. The van der Waals surface area contributed by atoms with Crippen LogP contribution in [0, 0.1) is 10.1 Å². The Hall–Kier alpha value is -2.90. The van der Waals surface area contributed by atoms with E-state index in [2.05, 4.69) is 0 Å². The summed E-state index contributed by atoms with van der Waals surface area (Å²) in [7, 11) is 0. The molecule has 2 heterocycles. The van der Waals surface area contributed by atoms with Gasteiger partial charge in [0.15, 0.2) is 0 Å². The molecule has 8 nitrogen and oxygen atoms in total. The lowest BCUT2D eigenvalue weighted by Crippen LogP contribution is -2.41. The minimum absolute atomic E-state index is 0.205. The van der Waals surface area contributed by atoms with Crippen LogP contribution in [0.5, 0.6) is 0 Å². The van der Waals surface area contributed by atoms with Gasteiger partial charge >= 0.3 is 17.8 Å². The molecule has 0 radical (unpaired) electrons. The summed E-state index contributed by atoms with van der Waals surface area (Å²) in [5.74, 6) is -3.09. The molecule has 8 heteroatoms. The van der Waals surface area contributed by atoms with Crippen molar-refractivity contribution in [2.24, 2.45) is 0 Å². The van der Waals surface area contributed by atoms with Gasteiger partial charge in [-0.05, 0) is 18.2 Å². The second-order valence-corrected chi connectivity index (χ2v) is 4.55. The summed E-state index contributed by atoms with van der Waals surface area (Å²) in [6, 6.07) is 2.58. The van der Waals surface area contributed by atoms with Gasteiger partial charge in [-0.25, -0.2) is 9.59 Å². The first-order valence-corrected chi connectivity index (χ1v) is 5.88. The third kappa shape index (κ3) is 3.35. The highest BCUT2D eigenvalue weighted by Gasteiger charge is 2.38. The van der Waals surface area contributed by atoms with Gasteiger partial charge in [0.1, 0.15) is 16.3 Å². The van der Waals surface area contributed by atoms with Gasteiger partial charge in [-0.3, -0.25) is 10.1 Å². The van der Waals surface area contributed by atoms with E-state index in [-0.39, 0.29) is 11.3 Å². The van der Waals surface area contributed by atoms with Crippen molar-refractivity contribution in [3.63, 3.8) is 0 Å². The number of ether oxygens (including phenoxy) is 2. The third-order valence-corrected chi connectivity index (χ3v) is 2.43. The molecule has 0 aliphatic carbocycles. The van der Waals surface area contributed by atoms with Gasteiger partial charge in [-0.1, -0.05) is 6.08 Å². The van der Waals surface area contributed by atoms with Crippen LogP contribution < -0.4 is 0 Å². The number of furan rings is 1. The average Bonchev–Trinajstić information content (AvgIpc) is 2.80. The van der Waals surface area contributed by atoms with E-state index in [1.807, 2.05) is 0 Å². The fourth-order valence-corrected chi connectivity index (χ4v) is 1.57. The Balaban J connectivity index is 2.13. The van der Waals surface area contributed by atoms with Gasteiger partial charge in [0.2, 0.25) is 0 Å². The molecule has 1 aliphatic heterocycles. The summed E-state index contributed by atoms with van der Waals surface area (Å²) in [6.07, 6.45) is 3.88. The number of hydrogen-bond donors (Lipinski definition) is 0. The molecule has 1 aromatic heterocycles. The highest BCUT2D eigenvalue weighted by molar-refractivity contribution is 6.15. The molecule has 1 saturated heterocycles.